The van der Waals surface area contributed by atoms with Crippen molar-refractivity contribution in [3.8, 4) is 11.4 Å². The molecule has 2 heterocycles. The van der Waals surface area contributed by atoms with Crippen LogP contribution in [0.5, 0.6) is 0 Å². The van der Waals surface area contributed by atoms with E-state index in [1.165, 1.54) is 25.5 Å². The Kier molecular flexibility index (Phi) is 2.49. The molecule has 5 nitrogen and oxygen atoms in total. The number of aromatic nitrogens is 4. The van der Waals surface area contributed by atoms with Crippen LogP contribution in [0.3, 0.4) is 0 Å². The van der Waals surface area contributed by atoms with E-state index < -0.39 is 12.0 Å². The molecule has 2 rings (SSSR count). The van der Waals surface area contributed by atoms with E-state index in [2.05, 4.69) is 15.1 Å². The molecule has 0 bridgehead atoms. The number of hydrogen-bond acceptors (Lipinski definition) is 4. The molecule has 0 unspecified atom stereocenters. The van der Waals surface area contributed by atoms with Gasteiger partial charge in [0.15, 0.2) is 5.82 Å². The van der Waals surface area contributed by atoms with Crippen LogP contribution in [0.15, 0.2) is 18.5 Å². The van der Waals surface area contributed by atoms with Crippen molar-refractivity contribution in [3.05, 3.63) is 24.3 Å². The highest BCUT2D eigenvalue weighted by molar-refractivity contribution is 5.69. The third-order valence-electron chi connectivity index (χ3n) is 2.11. The van der Waals surface area contributed by atoms with Crippen molar-refractivity contribution in [2.24, 2.45) is 7.05 Å². The van der Waals surface area contributed by atoms with Gasteiger partial charge in [0, 0.05) is 25.1 Å². The number of alkyl halides is 3. The van der Waals surface area contributed by atoms with Gasteiger partial charge in [0.2, 0.25) is 5.82 Å². The summed E-state index contributed by atoms with van der Waals surface area (Å²) in [6.45, 7) is 0. The van der Waals surface area contributed by atoms with Gasteiger partial charge in [-0.15, -0.1) is 0 Å². The Balaban J connectivity index is 2.53. The molecule has 0 atom stereocenters. The lowest BCUT2D eigenvalue weighted by atomic mass is 10.2. The summed E-state index contributed by atoms with van der Waals surface area (Å²) in [6.07, 6.45) is -1.78. The van der Waals surface area contributed by atoms with Gasteiger partial charge in [0.25, 0.3) is 0 Å². The molecule has 0 aromatic carbocycles. The number of nitrogen functional groups attached to an aromatic ring is 1. The zero-order valence-corrected chi connectivity index (χ0v) is 8.73. The summed E-state index contributed by atoms with van der Waals surface area (Å²) in [7, 11) is 1.17. The van der Waals surface area contributed by atoms with Crippen LogP contribution in [0, 0.1) is 0 Å². The van der Waals surface area contributed by atoms with E-state index in [4.69, 9.17) is 5.73 Å². The molecule has 0 radical (unpaired) electrons. The number of anilines is 1. The van der Waals surface area contributed by atoms with Crippen molar-refractivity contribution in [2.75, 3.05) is 5.73 Å². The summed E-state index contributed by atoms with van der Waals surface area (Å²) in [4.78, 5) is 7.19. The number of pyridine rings is 1. The van der Waals surface area contributed by atoms with E-state index in [-0.39, 0.29) is 17.1 Å². The molecule has 2 N–H and O–H groups in total. The third kappa shape index (κ3) is 2.05. The maximum Gasteiger partial charge on any atom is 0.451 e. The van der Waals surface area contributed by atoms with Crippen molar-refractivity contribution in [1.29, 1.82) is 0 Å². The molecular weight excluding hydrogens is 235 g/mol. The van der Waals surface area contributed by atoms with Crippen molar-refractivity contribution in [1.82, 2.24) is 19.7 Å². The van der Waals surface area contributed by atoms with Gasteiger partial charge in [0.05, 0.1) is 5.56 Å². The SMILES string of the molecule is Cn1nc(-c2cnccc2N)nc1C(F)(F)F. The second kappa shape index (κ2) is 3.72. The lowest BCUT2D eigenvalue weighted by molar-refractivity contribution is -0.147. The van der Waals surface area contributed by atoms with E-state index in [0.29, 0.717) is 4.68 Å². The summed E-state index contributed by atoms with van der Waals surface area (Å²) in [5.74, 6) is -1.17. The molecule has 0 aliphatic rings. The molecule has 0 saturated carbocycles. The Morgan fingerprint density at radius 2 is 2.06 bits per heavy atom. The molecular formula is C9H8F3N5. The number of rotatable bonds is 1. The summed E-state index contributed by atoms with van der Waals surface area (Å²) in [5, 5.41) is 3.67. The standard InChI is InChI=1S/C9H8F3N5/c1-17-8(9(10,11)12)15-7(16-17)5-4-14-3-2-6(5)13/h2-4H,1H3,(H2,13,14). The van der Waals surface area contributed by atoms with Crippen LogP contribution in [0.25, 0.3) is 11.4 Å². The highest BCUT2D eigenvalue weighted by Gasteiger charge is 2.37. The molecule has 8 heteroatoms. The first-order valence-electron chi connectivity index (χ1n) is 4.57. The Morgan fingerprint density at radius 1 is 1.35 bits per heavy atom. The first kappa shape index (κ1) is 11.4. The summed E-state index contributed by atoms with van der Waals surface area (Å²) >= 11 is 0. The number of halogens is 3. The molecule has 17 heavy (non-hydrogen) atoms. The largest absolute Gasteiger partial charge is 0.451 e. The quantitative estimate of drug-likeness (QED) is 0.823. The van der Waals surface area contributed by atoms with Gasteiger partial charge in [-0.3, -0.25) is 4.98 Å². The monoisotopic (exact) mass is 243 g/mol. The topological polar surface area (TPSA) is 69.6 Å². The number of hydrogen-bond donors (Lipinski definition) is 1. The third-order valence-corrected chi connectivity index (χ3v) is 2.11. The maximum absolute atomic E-state index is 12.5. The van der Waals surface area contributed by atoms with Crippen LogP contribution >= 0.6 is 0 Å². The molecule has 0 spiro atoms. The Labute approximate surface area is 94.1 Å². The number of nitrogens with zero attached hydrogens (tertiary/aromatic N) is 4. The summed E-state index contributed by atoms with van der Waals surface area (Å²) in [5.41, 5.74) is 6.16. The van der Waals surface area contributed by atoms with Gasteiger partial charge < -0.3 is 5.73 Å². The molecule has 90 valence electrons. The first-order valence-corrected chi connectivity index (χ1v) is 4.57. The van der Waals surface area contributed by atoms with Crippen molar-refractivity contribution < 1.29 is 13.2 Å². The molecule has 0 saturated heterocycles. The fourth-order valence-corrected chi connectivity index (χ4v) is 1.34. The zero-order chi connectivity index (χ0) is 12.6. The van der Waals surface area contributed by atoms with Crippen molar-refractivity contribution in [2.45, 2.75) is 6.18 Å². The van der Waals surface area contributed by atoms with Gasteiger partial charge in [-0.25, -0.2) is 9.67 Å². The lowest BCUT2D eigenvalue weighted by Crippen LogP contribution is -2.13. The van der Waals surface area contributed by atoms with Gasteiger partial charge in [0.1, 0.15) is 0 Å². The minimum Gasteiger partial charge on any atom is -0.398 e. The van der Waals surface area contributed by atoms with Crippen LogP contribution in [-0.4, -0.2) is 19.7 Å². The van der Waals surface area contributed by atoms with E-state index in [1.807, 2.05) is 0 Å². The van der Waals surface area contributed by atoms with E-state index in [1.54, 1.807) is 0 Å². The summed E-state index contributed by atoms with van der Waals surface area (Å²) in [6, 6.07) is 1.47. The van der Waals surface area contributed by atoms with Gasteiger partial charge in [-0.05, 0) is 6.07 Å². The number of aryl methyl sites for hydroxylation is 1. The van der Waals surface area contributed by atoms with Crippen LogP contribution in [0.1, 0.15) is 5.82 Å². The van der Waals surface area contributed by atoms with E-state index in [9.17, 15) is 13.2 Å². The zero-order valence-electron chi connectivity index (χ0n) is 8.73. The second-order valence-corrected chi connectivity index (χ2v) is 3.34. The first-order chi connectivity index (χ1) is 7.89. The van der Waals surface area contributed by atoms with E-state index >= 15 is 0 Å². The predicted molar refractivity (Wildman–Crippen MR) is 53.6 cm³/mol. The second-order valence-electron chi connectivity index (χ2n) is 3.34. The predicted octanol–water partition coefficient (Wildman–Crippen LogP) is 1.48. The Hall–Kier alpha value is -2.12. The average molecular weight is 243 g/mol. The summed E-state index contributed by atoms with van der Waals surface area (Å²) < 4.78 is 38.2. The van der Waals surface area contributed by atoms with E-state index in [0.717, 1.165) is 0 Å². The maximum atomic E-state index is 12.5. The fraction of sp³-hybridized carbons (Fsp3) is 0.222. The minimum absolute atomic E-state index is 0.0922. The highest BCUT2D eigenvalue weighted by Crippen LogP contribution is 2.30. The van der Waals surface area contributed by atoms with Crippen LogP contribution in [0.4, 0.5) is 18.9 Å². The average Bonchev–Trinajstić information content (AvgIpc) is 2.60. The van der Waals surface area contributed by atoms with Gasteiger partial charge in [-0.1, -0.05) is 0 Å². The minimum atomic E-state index is -4.54. The lowest BCUT2D eigenvalue weighted by Gasteiger charge is -2.02. The Morgan fingerprint density at radius 3 is 2.59 bits per heavy atom. The molecule has 2 aromatic heterocycles. The number of nitrogens with two attached hydrogens (primary N) is 1. The smallest absolute Gasteiger partial charge is 0.398 e. The van der Waals surface area contributed by atoms with Crippen LogP contribution < -0.4 is 5.73 Å². The van der Waals surface area contributed by atoms with Gasteiger partial charge >= 0.3 is 6.18 Å². The molecule has 0 amide bonds. The van der Waals surface area contributed by atoms with Crippen molar-refractivity contribution >= 4 is 5.69 Å². The highest BCUT2D eigenvalue weighted by atomic mass is 19.4. The van der Waals surface area contributed by atoms with Crippen LogP contribution in [-0.2, 0) is 13.2 Å². The normalized spacial score (nSPS) is 11.8. The molecule has 0 aliphatic carbocycles. The van der Waals surface area contributed by atoms with Crippen LogP contribution in [0.2, 0.25) is 0 Å². The molecule has 2 aromatic rings. The fourth-order valence-electron chi connectivity index (χ4n) is 1.34. The molecule has 0 aliphatic heterocycles. The van der Waals surface area contributed by atoms with Crippen molar-refractivity contribution in [3.63, 3.8) is 0 Å². The Bertz CT molecular complexity index is 546. The van der Waals surface area contributed by atoms with Gasteiger partial charge in [-0.2, -0.15) is 18.3 Å². The molecule has 0 fully saturated rings.